The van der Waals surface area contributed by atoms with Gasteiger partial charge in [0.2, 0.25) is 5.16 Å². The van der Waals surface area contributed by atoms with Gasteiger partial charge in [0, 0.05) is 22.1 Å². The smallest absolute Gasteiger partial charge is 0.311 e. The number of ketones is 1. The van der Waals surface area contributed by atoms with Crippen LogP contribution in [-0.4, -0.2) is 42.8 Å². The van der Waals surface area contributed by atoms with E-state index in [2.05, 4.69) is 31.5 Å². The molecule has 2 aromatic rings. The number of hydrogen-bond donors (Lipinski definition) is 1. The number of allylic oxidation sites excluding steroid dienone is 5. The molecule has 0 saturated carbocycles. The lowest BCUT2D eigenvalue weighted by Crippen LogP contribution is -2.41. The topological polar surface area (TPSA) is 98.0 Å². The third-order valence-corrected chi connectivity index (χ3v) is 7.50. The van der Waals surface area contributed by atoms with Gasteiger partial charge in [0.05, 0.1) is 11.6 Å². The first-order valence-corrected chi connectivity index (χ1v) is 11.3. The van der Waals surface area contributed by atoms with Gasteiger partial charge in [-0.2, -0.15) is 4.68 Å². The van der Waals surface area contributed by atoms with Crippen LogP contribution in [-0.2, 0) is 9.59 Å². The number of aliphatic carboxylic acids is 1. The Morgan fingerprint density at radius 3 is 2.83 bits per heavy atom. The fourth-order valence-electron chi connectivity index (χ4n) is 3.93. The molecule has 30 heavy (non-hydrogen) atoms. The minimum Gasteiger partial charge on any atom is -0.481 e. The Hall–Kier alpha value is -2.52. The van der Waals surface area contributed by atoms with Crippen LogP contribution >= 0.6 is 27.7 Å². The predicted molar refractivity (Wildman–Crippen MR) is 117 cm³/mol. The second kappa shape index (κ2) is 8.69. The van der Waals surface area contributed by atoms with Crippen molar-refractivity contribution in [3.05, 3.63) is 64.7 Å². The van der Waals surface area contributed by atoms with Crippen LogP contribution in [0, 0.1) is 11.3 Å². The maximum Gasteiger partial charge on any atom is 0.311 e. The van der Waals surface area contributed by atoms with Crippen LogP contribution in [0.2, 0.25) is 0 Å². The van der Waals surface area contributed by atoms with Gasteiger partial charge in [-0.1, -0.05) is 69.7 Å². The Morgan fingerprint density at radius 1 is 1.30 bits per heavy atom. The van der Waals surface area contributed by atoms with Gasteiger partial charge in [-0.15, -0.1) is 5.10 Å². The summed E-state index contributed by atoms with van der Waals surface area (Å²) in [6, 6.07) is 9.51. The highest BCUT2D eigenvalue weighted by molar-refractivity contribution is 9.11. The SMILES string of the molecule is O=C1C=C(C2(CSc3nnnn3-c3ccccc3)C(Br)=CC=CC2C(=O)O)CCC1. The molecule has 2 unspecified atom stereocenters. The maximum atomic E-state index is 12.2. The van der Waals surface area contributed by atoms with Crippen molar-refractivity contribution in [3.8, 4) is 5.69 Å². The highest BCUT2D eigenvalue weighted by atomic mass is 79.9. The molecule has 0 radical (unpaired) electrons. The third kappa shape index (κ3) is 3.79. The van der Waals surface area contributed by atoms with Crippen molar-refractivity contribution in [2.24, 2.45) is 11.3 Å². The summed E-state index contributed by atoms with van der Waals surface area (Å²) in [5.41, 5.74) is 0.776. The summed E-state index contributed by atoms with van der Waals surface area (Å²) in [7, 11) is 0. The molecule has 1 heterocycles. The van der Waals surface area contributed by atoms with Crippen molar-refractivity contribution in [3.63, 3.8) is 0 Å². The first-order chi connectivity index (χ1) is 14.5. The number of carbonyl (C=O) groups excluding carboxylic acids is 1. The second-order valence-corrected chi connectivity index (χ2v) is 8.97. The van der Waals surface area contributed by atoms with E-state index >= 15 is 0 Å². The minimum absolute atomic E-state index is 0.0359. The van der Waals surface area contributed by atoms with Gasteiger partial charge in [0.25, 0.3) is 0 Å². The van der Waals surface area contributed by atoms with Crippen LogP contribution in [0.4, 0.5) is 0 Å². The summed E-state index contributed by atoms with van der Waals surface area (Å²) in [6.07, 6.45) is 8.81. The lowest BCUT2D eigenvalue weighted by molar-refractivity contribution is -0.142. The van der Waals surface area contributed by atoms with E-state index < -0.39 is 17.3 Å². The number of carboxylic acid groups (broad SMARTS) is 1. The van der Waals surface area contributed by atoms with Crippen molar-refractivity contribution in [1.29, 1.82) is 0 Å². The number of thioether (sulfide) groups is 1. The first kappa shape index (κ1) is 20.7. The maximum absolute atomic E-state index is 12.2. The summed E-state index contributed by atoms with van der Waals surface area (Å²) in [4.78, 5) is 24.4. The molecule has 1 N–H and O–H groups in total. The highest BCUT2D eigenvalue weighted by Gasteiger charge is 2.48. The summed E-state index contributed by atoms with van der Waals surface area (Å²) >= 11 is 5.01. The second-order valence-electron chi connectivity index (χ2n) is 7.17. The largest absolute Gasteiger partial charge is 0.481 e. The number of rotatable bonds is 6. The normalized spacial score (nSPS) is 23.8. The Morgan fingerprint density at radius 2 is 2.10 bits per heavy atom. The molecule has 0 amide bonds. The third-order valence-electron chi connectivity index (χ3n) is 5.42. The molecule has 1 aromatic heterocycles. The molecule has 9 heteroatoms. The molecular weight excluding hydrogens is 468 g/mol. The standard InChI is InChI=1S/C21H19BrN4O3S/c22-18-11-5-10-17(19(28)29)21(18,14-6-4-9-16(27)12-14)13-30-20-23-24-25-26(20)15-7-2-1-3-8-15/h1-3,5,7-8,10-12,17H,4,6,9,13H2,(H,28,29). The van der Waals surface area contributed by atoms with Crippen LogP contribution in [0.3, 0.4) is 0 Å². The molecule has 154 valence electrons. The number of aromatic nitrogens is 4. The van der Waals surface area contributed by atoms with E-state index in [1.165, 1.54) is 11.8 Å². The number of halogens is 1. The Bertz CT molecular complexity index is 1060. The van der Waals surface area contributed by atoms with Gasteiger partial charge in [0.1, 0.15) is 0 Å². The number of nitrogens with zero attached hydrogens (tertiary/aromatic N) is 4. The Balaban J connectivity index is 1.73. The van der Waals surface area contributed by atoms with Gasteiger partial charge in [-0.05, 0) is 41.5 Å². The molecule has 0 spiro atoms. The molecule has 0 aliphatic heterocycles. The van der Waals surface area contributed by atoms with Gasteiger partial charge in [0.15, 0.2) is 5.78 Å². The molecule has 0 bridgehead atoms. The fraction of sp³-hybridized carbons (Fsp3) is 0.286. The van der Waals surface area contributed by atoms with E-state index in [4.69, 9.17) is 0 Å². The molecular formula is C21H19BrN4O3S. The molecule has 1 aromatic carbocycles. The van der Waals surface area contributed by atoms with Crippen molar-refractivity contribution in [1.82, 2.24) is 20.2 Å². The van der Waals surface area contributed by atoms with E-state index in [1.54, 1.807) is 22.9 Å². The monoisotopic (exact) mass is 486 g/mol. The zero-order chi connectivity index (χ0) is 21.1. The van der Waals surface area contributed by atoms with Gasteiger partial charge >= 0.3 is 5.97 Å². The van der Waals surface area contributed by atoms with E-state index in [9.17, 15) is 14.7 Å². The number of carbonyl (C=O) groups is 2. The van der Waals surface area contributed by atoms with Crippen LogP contribution in [0.15, 0.2) is 69.8 Å². The predicted octanol–water partition coefficient (Wildman–Crippen LogP) is 3.97. The van der Waals surface area contributed by atoms with Crippen molar-refractivity contribution in [2.45, 2.75) is 24.4 Å². The lowest BCUT2D eigenvalue weighted by Gasteiger charge is -2.42. The van der Waals surface area contributed by atoms with Crippen molar-refractivity contribution < 1.29 is 14.7 Å². The summed E-state index contributed by atoms with van der Waals surface area (Å²) in [5.74, 6) is -1.33. The Labute approximate surface area is 186 Å². The zero-order valence-corrected chi connectivity index (χ0v) is 18.3. The lowest BCUT2D eigenvalue weighted by atomic mass is 9.66. The van der Waals surface area contributed by atoms with E-state index in [0.717, 1.165) is 22.2 Å². The zero-order valence-electron chi connectivity index (χ0n) is 15.9. The molecule has 2 atom stereocenters. The van der Waals surface area contributed by atoms with Gasteiger partial charge in [-0.25, -0.2) is 0 Å². The Kier molecular flexibility index (Phi) is 6.01. The molecule has 2 aliphatic carbocycles. The summed E-state index contributed by atoms with van der Waals surface area (Å²) in [6.45, 7) is 0. The number of hydrogen-bond acceptors (Lipinski definition) is 6. The quantitative estimate of drug-likeness (QED) is 0.616. The van der Waals surface area contributed by atoms with Crippen molar-refractivity contribution >= 4 is 39.4 Å². The number of para-hydroxylation sites is 1. The number of tetrazole rings is 1. The average molecular weight is 487 g/mol. The van der Waals surface area contributed by atoms with Crippen LogP contribution in [0.25, 0.3) is 5.69 Å². The van der Waals surface area contributed by atoms with E-state index in [0.29, 0.717) is 23.8 Å². The molecule has 0 fully saturated rings. The van der Waals surface area contributed by atoms with Crippen LogP contribution in [0.5, 0.6) is 0 Å². The molecule has 7 nitrogen and oxygen atoms in total. The van der Waals surface area contributed by atoms with Crippen LogP contribution in [0.1, 0.15) is 19.3 Å². The first-order valence-electron chi connectivity index (χ1n) is 9.50. The number of carboxylic acids is 1. The molecule has 2 aliphatic rings. The number of benzene rings is 1. The average Bonchev–Trinajstić information content (AvgIpc) is 3.22. The van der Waals surface area contributed by atoms with Gasteiger partial charge < -0.3 is 5.11 Å². The van der Waals surface area contributed by atoms with E-state index in [1.807, 2.05) is 36.4 Å². The minimum atomic E-state index is -0.932. The van der Waals surface area contributed by atoms with Gasteiger partial charge in [-0.3, -0.25) is 9.59 Å². The van der Waals surface area contributed by atoms with Crippen LogP contribution < -0.4 is 0 Å². The fourth-order valence-corrected chi connectivity index (χ4v) is 6.15. The summed E-state index contributed by atoms with van der Waals surface area (Å²) in [5, 5.41) is 22.6. The molecule has 4 rings (SSSR count). The van der Waals surface area contributed by atoms with E-state index in [-0.39, 0.29) is 5.78 Å². The molecule has 0 saturated heterocycles. The highest BCUT2D eigenvalue weighted by Crippen LogP contribution is 2.53. The summed E-state index contributed by atoms with van der Waals surface area (Å²) < 4.78 is 2.38. The van der Waals surface area contributed by atoms with Crippen molar-refractivity contribution in [2.75, 3.05) is 5.75 Å².